The molecule has 2 rings (SSSR count). The summed E-state index contributed by atoms with van der Waals surface area (Å²) < 4.78 is 0. The van der Waals surface area contributed by atoms with Crippen LogP contribution in [0.15, 0.2) is 29.3 Å². The molecule has 1 saturated heterocycles. The summed E-state index contributed by atoms with van der Waals surface area (Å²) in [5.41, 5.74) is 1.19. The molecule has 6 heteroatoms. The van der Waals surface area contributed by atoms with Crippen LogP contribution in [0.25, 0.3) is 0 Å². The molecule has 0 aliphatic carbocycles. The number of hydrogen-bond acceptors (Lipinski definition) is 2. The quantitative estimate of drug-likeness (QED) is 0.586. The van der Waals surface area contributed by atoms with Crippen LogP contribution in [0.4, 0.5) is 0 Å². The molecule has 2 N–H and O–H groups in total. The highest BCUT2D eigenvalue weighted by Gasteiger charge is 2.16. The largest absolute Gasteiger partial charge is 0.357 e. The zero-order chi connectivity index (χ0) is 17.2. The Morgan fingerprint density at radius 2 is 2.08 bits per heavy atom. The Balaban J connectivity index is 1.74. The van der Waals surface area contributed by atoms with Crippen molar-refractivity contribution >= 4 is 23.5 Å². The van der Waals surface area contributed by atoms with Gasteiger partial charge in [0.25, 0.3) is 0 Å². The zero-order valence-corrected chi connectivity index (χ0v) is 15.1. The molecule has 0 spiro atoms. The fourth-order valence-electron chi connectivity index (χ4n) is 2.75. The van der Waals surface area contributed by atoms with E-state index in [0.717, 1.165) is 56.4 Å². The van der Waals surface area contributed by atoms with E-state index in [1.807, 2.05) is 30.0 Å². The maximum atomic E-state index is 12.0. The standard InChI is InChI=1S/C18H27ClN4O/c1-2-20-18(21-10-8-15-6-5-7-16(19)14-15)22-11-9-17(24)23-12-3-4-13-23/h5-7,14H,2-4,8-13H2,1H3,(H2,20,21,22). The molecule has 0 atom stereocenters. The van der Waals surface area contributed by atoms with E-state index in [4.69, 9.17) is 11.6 Å². The van der Waals surface area contributed by atoms with E-state index < -0.39 is 0 Å². The maximum absolute atomic E-state index is 12.0. The lowest BCUT2D eigenvalue weighted by atomic mass is 10.1. The molecule has 0 aromatic heterocycles. The van der Waals surface area contributed by atoms with E-state index in [9.17, 15) is 4.79 Å². The van der Waals surface area contributed by atoms with Crippen LogP contribution in [0.3, 0.4) is 0 Å². The van der Waals surface area contributed by atoms with Gasteiger partial charge in [0.2, 0.25) is 5.91 Å². The second-order valence-electron chi connectivity index (χ2n) is 5.91. The number of nitrogens with one attached hydrogen (secondary N) is 2. The first kappa shape index (κ1) is 18.6. The third kappa shape index (κ3) is 6.40. The van der Waals surface area contributed by atoms with E-state index in [0.29, 0.717) is 13.0 Å². The molecule has 0 unspecified atom stereocenters. The Morgan fingerprint density at radius 3 is 2.79 bits per heavy atom. The van der Waals surface area contributed by atoms with Crippen molar-refractivity contribution in [2.75, 3.05) is 32.7 Å². The first-order valence-corrected chi connectivity index (χ1v) is 9.11. The van der Waals surface area contributed by atoms with E-state index in [1.165, 1.54) is 5.56 Å². The molecule has 1 aromatic rings. The minimum atomic E-state index is 0.214. The summed E-state index contributed by atoms with van der Waals surface area (Å²) in [6, 6.07) is 7.87. The molecule has 0 bridgehead atoms. The summed E-state index contributed by atoms with van der Waals surface area (Å²) in [5.74, 6) is 0.972. The van der Waals surface area contributed by atoms with Gasteiger partial charge in [-0.05, 0) is 43.9 Å². The number of rotatable bonds is 7. The highest BCUT2D eigenvalue weighted by molar-refractivity contribution is 6.30. The summed E-state index contributed by atoms with van der Waals surface area (Å²) in [6.45, 7) is 5.92. The number of aliphatic imine (C=N–C) groups is 1. The van der Waals surface area contributed by atoms with Crippen LogP contribution >= 0.6 is 11.6 Å². The Labute approximate surface area is 149 Å². The molecule has 1 heterocycles. The second kappa shape index (κ2) is 10.2. The van der Waals surface area contributed by atoms with Crippen molar-refractivity contribution in [3.63, 3.8) is 0 Å². The lowest BCUT2D eigenvalue weighted by molar-refractivity contribution is -0.129. The number of nitrogens with zero attached hydrogens (tertiary/aromatic N) is 2. The van der Waals surface area contributed by atoms with Gasteiger partial charge in [-0.3, -0.25) is 9.79 Å². The van der Waals surface area contributed by atoms with Gasteiger partial charge in [-0.2, -0.15) is 0 Å². The summed E-state index contributed by atoms with van der Waals surface area (Å²) in [6.07, 6.45) is 3.61. The zero-order valence-electron chi connectivity index (χ0n) is 14.4. The Bertz CT molecular complexity index is 556. The van der Waals surface area contributed by atoms with Crippen LogP contribution in [0.1, 0.15) is 31.7 Å². The van der Waals surface area contributed by atoms with Gasteiger partial charge in [-0.25, -0.2) is 0 Å². The number of benzene rings is 1. The van der Waals surface area contributed by atoms with Crippen molar-refractivity contribution in [1.82, 2.24) is 15.5 Å². The highest BCUT2D eigenvalue weighted by Crippen LogP contribution is 2.10. The van der Waals surface area contributed by atoms with Crippen molar-refractivity contribution in [2.45, 2.75) is 32.6 Å². The van der Waals surface area contributed by atoms with Crippen LogP contribution in [0, 0.1) is 0 Å². The fourth-order valence-corrected chi connectivity index (χ4v) is 2.96. The smallest absolute Gasteiger partial charge is 0.224 e. The van der Waals surface area contributed by atoms with Crippen molar-refractivity contribution in [1.29, 1.82) is 0 Å². The lowest BCUT2D eigenvalue weighted by Gasteiger charge is -2.15. The Hall–Kier alpha value is -1.75. The van der Waals surface area contributed by atoms with E-state index >= 15 is 0 Å². The molecule has 1 fully saturated rings. The molecule has 1 amide bonds. The number of carbonyl (C=O) groups excluding carboxylic acids is 1. The molecule has 0 saturated carbocycles. The van der Waals surface area contributed by atoms with E-state index in [-0.39, 0.29) is 5.91 Å². The first-order chi connectivity index (χ1) is 11.7. The van der Waals surface area contributed by atoms with Crippen LogP contribution in [-0.2, 0) is 11.2 Å². The summed E-state index contributed by atoms with van der Waals surface area (Å²) in [5, 5.41) is 7.27. The van der Waals surface area contributed by atoms with Gasteiger partial charge in [0.15, 0.2) is 5.96 Å². The molecule has 1 aromatic carbocycles. The van der Waals surface area contributed by atoms with Crippen molar-refractivity contribution in [2.24, 2.45) is 4.99 Å². The van der Waals surface area contributed by atoms with Gasteiger partial charge < -0.3 is 15.5 Å². The van der Waals surface area contributed by atoms with Gasteiger partial charge in [-0.15, -0.1) is 0 Å². The number of guanidine groups is 1. The highest BCUT2D eigenvalue weighted by atomic mass is 35.5. The minimum absolute atomic E-state index is 0.214. The van der Waals surface area contributed by atoms with Crippen molar-refractivity contribution in [3.05, 3.63) is 34.9 Å². The molecular weight excluding hydrogens is 324 g/mol. The third-order valence-corrected chi connectivity index (χ3v) is 4.23. The third-order valence-electron chi connectivity index (χ3n) is 3.99. The van der Waals surface area contributed by atoms with Crippen LogP contribution in [0.2, 0.25) is 5.02 Å². The average molecular weight is 351 g/mol. The van der Waals surface area contributed by atoms with Gasteiger partial charge in [-0.1, -0.05) is 23.7 Å². The summed E-state index contributed by atoms with van der Waals surface area (Å²) in [4.78, 5) is 18.5. The molecule has 0 radical (unpaired) electrons. The topological polar surface area (TPSA) is 56.7 Å². The van der Waals surface area contributed by atoms with Crippen LogP contribution < -0.4 is 10.6 Å². The SMILES string of the molecule is CCNC(=NCCC(=O)N1CCCC1)NCCc1cccc(Cl)c1. The van der Waals surface area contributed by atoms with Crippen LogP contribution in [0.5, 0.6) is 0 Å². The van der Waals surface area contributed by atoms with Gasteiger partial charge in [0.1, 0.15) is 0 Å². The predicted molar refractivity (Wildman–Crippen MR) is 99.6 cm³/mol. The molecule has 1 aliphatic rings. The molecule has 24 heavy (non-hydrogen) atoms. The first-order valence-electron chi connectivity index (χ1n) is 8.73. The van der Waals surface area contributed by atoms with E-state index in [2.05, 4.69) is 21.7 Å². The maximum Gasteiger partial charge on any atom is 0.224 e. The minimum Gasteiger partial charge on any atom is -0.357 e. The second-order valence-corrected chi connectivity index (χ2v) is 6.34. The number of likely N-dealkylation sites (tertiary alicyclic amines) is 1. The van der Waals surface area contributed by atoms with Crippen LogP contribution in [-0.4, -0.2) is 49.5 Å². The van der Waals surface area contributed by atoms with Gasteiger partial charge in [0.05, 0.1) is 6.54 Å². The van der Waals surface area contributed by atoms with Gasteiger partial charge in [0, 0.05) is 37.6 Å². The number of hydrogen-bond donors (Lipinski definition) is 2. The Kier molecular flexibility index (Phi) is 7.89. The number of carbonyl (C=O) groups is 1. The predicted octanol–water partition coefficient (Wildman–Crippen LogP) is 2.45. The number of halogens is 1. The normalized spacial score (nSPS) is 14.8. The molecule has 1 aliphatic heterocycles. The van der Waals surface area contributed by atoms with E-state index in [1.54, 1.807) is 0 Å². The summed E-state index contributed by atoms with van der Waals surface area (Å²) >= 11 is 6.00. The monoisotopic (exact) mass is 350 g/mol. The van der Waals surface area contributed by atoms with Crippen molar-refractivity contribution < 1.29 is 4.79 Å². The van der Waals surface area contributed by atoms with Crippen molar-refractivity contribution in [3.8, 4) is 0 Å². The van der Waals surface area contributed by atoms with Gasteiger partial charge >= 0.3 is 0 Å². The lowest BCUT2D eigenvalue weighted by Crippen LogP contribution is -2.38. The molecule has 5 nitrogen and oxygen atoms in total. The summed E-state index contributed by atoms with van der Waals surface area (Å²) in [7, 11) is 0. The molecular formula is C18H27ClN4O. The molecule has 132 valence electrons. The fraction of sp³-hybridized carbons (Fsp3) is 0.556. The number of amides is 1. The Morgan fingerprint density at radius 1 is 1.29 bits per heavy atom. The average Bonchev–Trinajstić information content (AvgIpc) is 3.09.